The third kappa shape index (κ3) is 5.17. The van der Waals surface area contributed by atoms with Crippen molar-refractivity contribution in [2.24, 2.45) is 0 Å². The quantitative estimate of drug-likeness (QED) is 0.183. The van der Waals surface area contributed by atoms with Crippen LogP contribution in [0.1, 0.15) is 26.3 Å². The molecule has 1 N–H and O–H groups in total. The SMILES string of the molecule is CC(C)(C)c1cc(-c2[c-]c(-c3nc4c(-c5ccccc5O)cccc4n3-c3ccccc3)ccc2)c2ncccc2c1.[Pt]. The second kappa shape index (κ2) is 11.3. The first-order chi connectivity index (χ1) is 20.4. The molecular weight excluding hydrogens is 710 g/mol. The number of nitrogens with zero attached hydrogens (tertiary/aromatic N) is 3. The number of benzene rings is 5. The van der Waals surface area contributed by atoms with Gasteiger partial charge in [0.1, 0.15) is 5.75 Å². The number of aromatic nitrogens is 3. The van der Waals surface area contributed by atoms with Gasteiger partial charge in [0.15, 0.2) is 0 Å². The molecule has 0 unspecified atom stereocenters. The van der Waals surface area contributed by atoms with Gasteiger partial charge in [-0.15, -0.1) is 29.8 Å². The molecule has 2 aromatic heterocycles. The van der Waals surface area contributed by atoms with Gasteiger partial charge < -0.3 is 9.67 Å². The fourth-order valence-electron chi connectivity index (χ4n) is 5.62. The Hall–Kier alpha value is -4.53. The Morgan fingerprint density at radius 3 is 2.19 bits per heavy atom. The van der Waals surface area contributed by atoms with E-state index in [1.807, 2.05) is 60.8 Å². The van der Waals surface area contributed by atoms with Gasteiger partial charge in [0.05, 0.1) is 16.9 Å². The number of rotatable bonds is 4. The van der Waals surface area contributed by atoms with Crippen LogP contribution in [0.25, 0.3) is 61.3 Å². The van der Waals surface area contributed by atoms with Crippen LogP contribution < -0.4 is 0 Å². The molecule has 5 heteroatoms. The summed E-state index contributed by atoms with van der Waals surface area (Å²) in [5.74, 6) is 1.01. The zero-order chi connectivity index (χ0) is 28.8. The number of phenols is 1. The topological polar surface area (TPSA) is 50.9 Å². The van der Waals surface area contributed by atoms with E-state index in [1.54, 1.807) is 6.07 Å². The predicted octanol–water partition coefficient (Wildman–Crippen LogP) is 9.38. The third-order valence-electron chi connectivity index (χ3n) is 7.79. The molecule has 0 atom stereocenters. The first kappa shape index (κ1) is 28.6. The number of hydrogen-bond acceptors (Lipinski definition) is 3. The van der Waals surface area contributed by atoms with Crippen molar-refractivity contribution in [3.8, 4) is 45.1 Å². The normalized spacial score (nSPS) is 11.5. The minimum absolute atomic E-state index is 0. The number of imidazole rings is 1. The number of phenolic OH excluding ortho intramolecular Hbond substituents is 1. The molecule has 0 aliphatic carbocycles. The molecule has 7 aromatic rings. The minimum atomic E-state index is -0.0168. The summed E-state index contributed by atoms with van der Waals surface area (Å²) in [6.45, 7) is 6.70. The fourth-order valence-corrected chi connectivity index (χ4v) is 5.62. The van der Waals surface area contributed by atoms with Gasteiger partial charge in [0.25, 0.3) is 0 Å². The van der Waals surface area contributed by atoms with Crippen molar-refractivity contribution < 1.29 is 26.2 Å². The van der Waals surface area contributed by atoms with E-state index < -0.39 is 0 Å². The molecule has 0 spiro atoms. The summed E-state index contributed by atoms with van der Waals surface area (Å²) in [6, 6.07) is 42.3. The van der Waals surface area contributed by atoms with Crippen molar-refractivity contribution in [2.45, 2.75) is 26.2 Å². The third-order valence-corrected chi connectivity index (χ3v) is 7.79. The molecule has 0 aliphatic rings. The second-order valence-electron chi connectivity index (χ2n) is 11.6. The summed E-state index contributed by atoms with van der Waals surface area (Å²) in [7, 11) is 0. The predicted molar refractivity (Wildman–Crippen MR) is 172 cm³/mol. The average Bonchev–Trinajstić information content (AvgIpc) is 3.41. The van der Waals surface area contributed by atoms with Crippen LogP contribution in [0.2, 0.25) is 0 Å². The molecule has 0 saturated carbocycles. The Morgan fingerprint density at radius 2 is 1.40 bits per heavy atom. The van der Waals surface area contributed by atoms with E-state index in [2.05, 4.69) is 86.0 Å². The maximum atomic E-state index is 10.7. The molecule has 43 heavy (non-hydrogen) atoms. The van der Waals surface area contributed by atoms with Gasteiger partial charge in [0.2, 0.25) is 0 Å². The molecule has 0 fully saturated rings. The minimum Gasteiger partial charge on any atom is -0.507 e. The van der Waals surface area contributed by atoms with Gasteiger partial charge in [-0.1, -0.05) is 98.6 Å². The molecule has 0 bridgehead atoms. The molecule has 4 nitrogen and oxygen atoms in total. The fraction of sp³-hybridized carbons (Fsp3) is 0.105. The first-order valence-corrected chi connectivity index (χ1v) is 14.2. The van der Waals surface area contributed by atoms with Crippen LogP contribution in [0.15, 0.2) is 121 Å². The van der Waals surface area contributed by atoms with E-state index in [0.29, 0.717) is 0 Å². The Morgan fingerprint density at radius 1 is 0.674 bits per heavy atom. The molecule has 0 saturated heterocycles. The second-order valence-corrected chi connectivity index (χ2v) is 11.6. The van der Waals surface area contributed by atoms with Gasteiger partial charge in [-0.2, -0.15) is 0 Å². The molecule has 0 aliphatic heterocycles. The van der Waals surface area contributed by atoms with Crippen molar-refractivity contribution >= 4 is 21.9 Å². The maximum Gasteiger partial charge on any atom is 0.123 e. The molecule has 5 aromatic carbocycles. The number of fused-ring (bicyclic) bond motifs is 2. The molecule has 0 amide bonds. The Kier molecular flexibility index (Phi) is 7.50. The zero-order valence-corrected chi connectivity index (χ0v) is 26.4. The molecule has 0 radical (unpaired) electrons. The van der Waals surface area contributed by atoms with Gasteiger partial charge >= 0.3 is 0 Å². The van der Waals surface area contributed by atoms with Crippen LogP contribution in [0.4, 0.5) is 0 Å². The van der Waals surface area contributed by atoms with Gasteiger partial charge in [-0.3, -0.25) is 9.97 Å². The number of para-hydroxylation sites is 3. The number of aromatic hydroxyl groups is 1. The standard InChI is InChI=1S/C38H30N3O.Pt/c1-38(2,3)28-23-26-14-11-21-39-35(26)32(24-28)25-12-9-13-27(22-25)37-40-36-31(30-17-7-8-20-34(30)42)18-10-19-33(36)41(37)29-15-5-4-6-16-29;/h4-21,23-24,42H,1-3H3;/q-1;. The first-order valence-electron chi connectivity index (χ1n) is 14.2. The number of pyridine rings is 1. The summed E-state index contributed by atoms with van der Waals surface area (Å²) in [4.78, 5) is 10.0. The van der Waals surface area contributed by atoms with Crippen LogP contribution in [0.5, 0.6) is 5.75 Å². The maximum absolute atomic E-state index is 10.7. The van der Waals surface area contributed by atoms with Crippen molar-refractivity contribution in [3.05, 3.63) is 133 Å². The van der Waals surface area contributed by atoms with Gasteiger partial charge in [-0.05, 0) is 46.7 Å². The van der Waals surface area contributed by atoms with E-state index in [-0.39, 0.29) is 32.2 Å². The molecular formula is C38H30N3OPt-. The molecule has 214 valence electrons. The molecule has 2 heterocycles. The van der Waals surface area contributed by atoms with Crippen LogP contribution in [-0.4, -0.2) is 19.6 Å². The average molecular weight is 740 g/mol. The number of hydrogen-bond donors (Lipinski definition) is 1. The monoisotopic (exact) mass is 739 g/mol. The van der Waals surface area contributed by atoms with Crippen molar-refractivity contribution in [1.82, 2.24) is 14.5 Å². The van der Waals surface area contributed by atoms with Gasteiger partial charge in [0, 0.05) is 49.6 Å². The van der Waals surface area contributed by atoms with Crippen molar-refractivity contribution in [1.29, 1.82) is 0 Å². The largest absolute Gasteiger partial charge is 0.507 e. The van der Waals surface area contributed by atoms with E-state index in [1.165, 1.54) is 5.56 Å². The Bertz CT molecular complexity index is 2090. The van der Waals surface area contributed by atoms with E-state index in [9.17, 15) is 5.11 Å². The summed E-state index contributed by atoms with van der Waals surface area (Å²) in [6.07, 6.45) is 1.85. The molecule has 7 rings (SSSR count). The van der Waals surface area contributed by atoms with Crippen molar-refractivity contribution in [3.63, 3.8) is 0 Å². The summed E-state index contributed by atoms with van der Waals surface area (Å²) >= 11 is 0. The Balaban J connectivity index is 0.00000329. The van der Waals surface area contributed by atoms with Crippen LogP contribution in [0, 0.1) is 6.07 Å². The zero-order valence-electron chi connectivity index (χ0n) is 24.2. The van der Waals surface area contributed by atoms with Crippen LogP contribution in [0.3, 0.4) is 0 Å². The summed E-state index contributed by atoms with van der Waals surface area (Å²) in [5.41, 5.74) is 9.50. The summed E-state index contributed by atoms with van der Waals surface area (Å²) in [5, 5.41) is 11.8. The summed E-state index contributed by atoms with van der Waals surface area (Å²) < 4.78 is 2.18. The van der Waals surface area contributed by atoms with E-state index in [0.717, 1.165) is 61.3 Å². The van der Waals surface area contributed by atoms with Gasteiger partial charge in [-0.25, -0.2) is 0 Å². The van der Waals surface area contributed by atoms with Crippen molar-refractivity contribution in [2.75, 3.05) is 0 Å². The smallest absolute Gasteiger partial charge is 0.123 e. The van der Waals surface area contributed by atoms with E-state index in [4.69, 9.17) is 9.97 Å². The Labute approximate surface area is 266 Å². The van der Waals surface area contributed by atoms with Crippen LogP contribution >= 0.6 is 0 Å². The van der Waals surface area contributed by atoms with E-state index >= 15 is 0 Å². The van der Waals surface area contributed by atoms with Crippen LogP contribution in [-0.2, 0) is 26.5 Å².